The van der Waals surface area contributed by atoms with Crippen LogP contribution in [0.25, 0.3) is 0 Å². The fourth-order valence-corrected chi connectivity index (χ4v) is 1.36. The summed E-state index contributed by atoms with van der Waals surface area (Å²) in [6.45, 7) is 4.98. The quantitative estimate of drug-likeness (QED) is 0.470. The van der Waals surface area contributed by atoms with Crippen LogP contribution >= 0.6 is 0 Å². The predicted octanol–water partition coefficient (Wildman–Crippen LogP) is -0.935. The molecule has 18 heavy (non-hydrogen) atoms. The van der Waals surface area contributed by atoms with Crippen LogP contribution in [0.2, 0.25) is 0 Å². The number of amides is 2. The van der Waals surface area contributed by atoms with Gasteiger partial charge in [-0.25, -0.2) is 4.79 Å². The molecular formula is C11H21N3O4. The first-order valence-corrected chi connectivity index (χ1v) is 5.80. The Balaban J connectivity index is 4.41. The third kappa shape index (κ3) is 6.19. The molecule has 0 aromatic heterocycles. The topological polar surface area (TPSA) is 122 Å². The summed E-state index contributed by atoms with van der Waals surface area (Å²) >= 11 is 0. The maximum atomic E-state index is 11.7. The molecule has 0 heterocycles. The first kappa shape index (κ1) is 16.4. The van der Waals surface area contributed by atoms with Crippen LogP contribution in [0.5, 0.6) is 0 Å². The lowest BCUT2D eigenvalue weighted by atomic mass is 10.0. The first-order valence-electron chi connectivity index (χ1n) is 5.80. The Morgan fingerprint density at radius 1 is 1.17 bits per heavy atom. The lowest BCUT2D eigenvalue weighted by molar-refractivity contribution is -0.142. The second kappa shape index (κ2) is 7.65. The lowest BCUT2D eigenvalue weighted by Gasteiger charge is -2.19. The van der Waals surface area contributed by atoms with Gasteiger partial charge >= 0.3 is 5.97 Å². The van der Waals surface area contributed by atoms with Crippen LogP contribution < -0.4 is 16.4 Å². The molecule has 0 aliphatic rings. The number of rotatable bonds is 7. The van der Waals surface area contributed by atoms with Crippen LogP contribution in [0.3, 0.4) is 0 Å². The number of aliphatic carboxylic acids is 1. The minimum atomic E-state index is -1.09. The maximum Gasteiger partial charge on any atom is 0.326 e. The number of carboxylic acid groups (broad SMARTS) is 1. The van der Waals surface area contributed by atoms with Crippen molar-refractivity contribution in [1.82, 2.24) is 10.6 Å². The highest BCUT2D eigenvalue weighted by Crippen LogP contribution is 2.05. The highest BCUT2D eigenvalue weighted by molar-refractivity contribution is 5.90. The molecule has 0 aromatic carbocycles. The summed E-state index contributed by atoms with van der Waals surface area (Å²) in [6.07, 6.45) is 0.332. The number of hydrogen-bond donors (Lipinski definition) is 4. The SMILES string of the molecule is CC(C)C[C@@H](NC(=O)[C@@H](C)NC(=O)CN)C(=O)O. The van der Waals surface area contributed by atoms with E-state index in [1.807, 2.05) is 13.8 Å². The van der Waals surface area contributed by atoms with Gasteiger partial charge in [-0.15, -0.1) is 0 Å². The Morgan fingerprint density at radius 2 is 1.72 bits per heavy atom. The summed E-state index contributed by atoms with van der Waals surface area (Å²) in [5.74, 6) is -1.95. The molecule has 0 fully saturated rings. The van der Waals surface area contributed by atoms with Crippen molar-refractivity contribution in [2.45, 2.75) is 39.3 Å². The highest BCUT2D eigenvalue weighted by atomic mass is 16.4. The van der Waals surface area contributed by atoms with Gasteiger partial charge in [0, 0.05) is 0 Å². The standard InChI is InChI=1S/C11H21N3O4/c1-6(2)4-8(11(17)18)14-10(16)7(3)13-9(15)5-12/h6-8H,4-5,12H2,1-3H3,(H,13,15)(H,14,16)(H,17,18)/t7-,8-/m1/s1. The van der Waals surface area contributed by atoms with E-state index in [9.17, 15) is 14.4 Å². The molecule has 0 radical (unpaired) electrons. The number of nitrogens with one attached hydrogen (secondary N) is 2. The predicted molar refractivity (Wildman–Crippen MR) is 65.7 cm³/mol. The van der Waals surface area contributed by atoms with Crippen LogP contribution in [-0.2, 0) is 14.4 Å². The number of carboxylic acids is 1. The number of carbonyl (C=O) groups is 3. The molecule has 104 valence electrons. The van der Waals surface area contributed by atoms with Gasteiger partial charge in [0.25, 0.3) is 0 Å². The van der Waals surface area contributed by atoms with Crippen molar-refractivity contribution in [3.63, 3.8) is 0 Å². The summed E-state index contributed by atoms with van der Waals surface area (Å²) in [7, 11) is 0. The second-order valence-corrected chi connectivity index (χ2v) is 4.52. The molecule has 0 unspecified atom stereocenters. The zero-order valence-electron chi connectivity index (χ0n) is 10.9. The van der Waals surface area contributed by atoms with Gasteiger partial charge in [-0.2, -0.15) is 0 Å². The van der Waals surface area contributed by atoms with E-state index in [4.69, 9.17) is 10.8 Å². The molecule has 0 saturated heterocycles. The van der Waals surface area contributed by atoms with E-state index in [-0.39, 0.29) is 12.5 Å². The second-order valence-electron chi connectivity index (χ2n) is 4.52. The fourth-order valence-electron chi connectivity index (χ4n) is 1.36. The number of nitrogens with two attached hydrogens (primary N) is 1. The molecule has 7 nitrogen and oxygen atoms in total. The van der Waals surface area contributed by atoms with Gasteiger partial charge in [-0.05, 0) is 19.3 Å². The summed E-state index contributed by atoms with van der Waals surface area (Å²) in [5.41, 5.74) is 5.10. The van der Waals surface area contributed by atoms with Crippen molar-refractivity contribution < 1.29 is 19.5 Å². The van der Waals surface area contributed by atoms with E-state index < -0.39 is 29.9 Å². The first-order chi connectivity index (χ1) is 8.27. The van der Waals surface area contributed by atoms with E-state index in [0.29, 0.717) is 6.42 Å². The van der Waals surface area contributed by atoms with Gasteiger partial charge in [-0.1, -0.05) is 13.8 Å². The molecular weight excluding hydrogens is 238 g/mol. The minimum Gasteiger partial charge on any atom is -0.480 e. The molecule has 0 spiro atoms. The maximum absolute atomic E-state index is 11.7. The highest BCUT2D eigenvalue weighted by Gasteiger charge is 2.24. The Kier molecular flexibility index (Phi) is 6.96. The normalized spacial score (nSPS) is 13.8. The fraction of sp³-hybridized carbons (Fsp3) is 0.727. The van der Waals surface area contributed by atoms with E-state index in [2.05, 4.69) is 10.6 Å². The molecule has 7 heteroatoms. The average Bonchev–Trinajstić information content (AvgIpc) is 2.26. The minimum absolute atomic E-state index is 0.139. The third-order valence-corrected chi connectivity index (χ3v) is 2.28. The lowest BCUT2D eigenvalue weighted by Crippen LogP contribution is -2.51. The molecule has 5 N–H and O–H groups in total. The monoisotopic (exact) mass is 259 g/mol. The van der Waals surface area contributed by atoms with Crippen molar-refractivity contribution in [3.8, 4) is 0 Å². The van der Waals surface area contributed by atoms with E-state index in [1.165, 1.54) is 6.92 Å². The van der Waals surface area contributed by atoms with Gasteiger partial charge in [0.2, 0.25) is 11.8 Å². The van der Waals surface area contributed by atoms with Gasteiger partial charge in [0.15, 0.2) is 0 Å². The summed E-state index contributed by atoms with van der Waals surface area (Å²) in [6, 6.07) is -1.76. The molecule has 0 bridgehead atoms. The third-order valence-electron chi connectivity index (χ3n) is 2.28. The molecule has 0 saturated carbocycles. The van der Waals surface area contributed by atoms with E-state index in [0.717, 1.165) is 0 Å². The van der Waals surface area contributed by atoms with Gasteiger partial charge in [-0.3, -0.25) is 9.59 Å². The summed E-state index contributed by atoms with van der Waals surface area (Å²) in [5, 5.41) is 13.7. The Morgan fingerprint density at radius 3 is 2.11 bits per heavy atom. The zero-order valence-corrected chi connectivity index (χ0v) is 10.9. The molecule has 2 amide bonds. The van der Waals surface area contributed by atoms with Crippen molar-refractivity contribution in [2.75, 3.05) is 6.54 Å². The zero-order chi connectivity index (χ0) is 14.3. The Hall–Kier alpha value is -1.63. The Labute approximate surface area is 106 Å². The largest absolute Gasteiger partial charge is 0.480 e. The molecule has 2 atom stereocenters. The Bertz CT molecular complexity index is 317. The summed E-state index contributed by atoms with van der Waals surface area (Å²) < 4.78 is 0. The van der Waals surface area contributed by atoms with E-state index in [1.54, 1.807) is 0 Å². The smallest absolute Gasteiger partial charge is 0.326 e. The van der Waals surface area contributed by atoms with Gasteiger partial charge in [0.05, 0.1) is 6.54 Å². The van der Waals surface area contributed by atoms with Crippen molar-refractivity contribution in [3.05, 3.63) is 0 Å². The van der Waals surface area contributed by atoms with Crippen molar-refractivity contribution in [2.24, 2.45) is 11.7 Å². The number of hydrogen-bond acceptors (Lipinski definition) is 4. The average molecular weight is 259 g/mol. The van der Waals surface area contributed by atoms with Gasteiger partial charge in [0.1, 0.15) is 12.1 Å². The molecule has 0 aliphatic carbocycles. The van der Waals surface area contributed by atoms with Crippen LogP contribution in [0.1, 0.15) is 27.2 Å². The summed E-state index contributed by atoms with van der Waals surface area (Å²) in [4.78, 5) is 33.6. The molecule has 0 rings (SSSR count). The van der Waals surface area contributed by atoms with Crippen LogP contribution in [0.15, 0.2) is 0 Å². The van der Waals surface area contributed by atoms with E-state index >= 15 is 0 Å². The molecule has 0 aromatic rings. The molecule has 0 aliphatic heterocycles. The van der Waals surface area contributed by atoms with Crippen LogP contribution in [0.4, 0.5) is 0 Å². The van der Waals surface area contributed by atoms with Crippen LogP contribution in [0, 0.1) is 5.92 Å². The van der Waals surface area contributed by atoms with Crippen molar-refractivity contribution in [1.29, 1.82) is 0 Å². The van der Waals surface area contributed by atoms with Gasteiger partial charge < -0.3 is 21.5 Å². The number of carbonyl (C=O) groups excluding carboxylic acids is 2. The van der Waals surface area contributed by atoms with Crippen molar-refractivity contribution >= 4 is 17.8 Å². The van der Waals surface area contributed by atoms with Crippen LogP contribution in [-0.4, -0.2) is 41.5 Å².